The third-order valence-electron chi connectivity index (χ3n) is 3.64. The Morgan fingerprint density at radius 3 is 2.91 bits per heavy atom. The van der Waals surface area contributed by atoms with Gasteiger partial charge < -0.3 is 9.84 Å². The van der Waals surface area contributed by atoms with E-state index in [0.717, 1.165) is 12.1 Å². The van der Waals surface area contributed by atoms with Crippen molar-refractivity contribution < 1.29 is 18.6 Å². The number of hydrogen-bond donors (Lipinski definition) is 1. The zero-order valence-electron chi connectivity index (χ0n) is 11.7. The second kappa shape index (κ2) is 5.35. The van der Waals surface area contributed by atoms with Crippen LogP contribution in [0.1, 0.15) is 28.4 Å². The highest BCUT2D eigenvalue weighted by atomic mass is 19.1. The van der Waals surface area contributed by atoms with Crippen LogP contribution < -0.4 is 4.74 Å². The number of aliphatic hydroxyl groups is 1. The van der Waals surface area contributed by atoms with Gasteiger partial charge in [0.15, 0.2) is 0 Å². The van der Waals surface area contributed by atoms with Crippen molar-refractivity contribution in [1.29, 1.82) is 5.26 Å². The Bertz CT molecular complexity index is 786. The predicted octanol–water partition coefficient (Wildman–Crippen LogP) is 3.12. The number of alkyl halides is 1. The highest BCUT2D eigenvalue weighted by Crippen LogP contribution is 2.40. The van der Waals surface area contributed by atoms with Crippen molar-refractivity contribution in [2.75, 3.05) is 0 Å². The number of aliphatic hydroxyl groups excluding tert-OH is 1. The maximum absolute atomic E-state index is 13.8. The lowest BCUT2D eigenvalue weighted by Crippen LogP contribution is -2.07. The van der Waals surface area contributed by atoms with Gasteiger partial charge in [0.25, 0.3) is 0 Å². The van der Waals surface area contributed by atoms with Gasteiger partial charge >= 0.3 is 0 Å². The topological polar surface area (TPSA) is 66.1 Å². The summed E-state index contributed by atoms with van der Waals surface area (Å²) in [5.41, 5.74) is 1.73. The van der Waals surface area contributed by atoms with E-state index in [9.17, 15) is 13.9 Å². The van der Waals surface area contributed by atoms with Crippen LogP contribution in [0.15, 0.2) is 24.4 Å². The molecule has 1 aliphatic carbocycles. The van der Waals surface area contributed by atoms with E-state index in [2.05, 4.69) is 4.98 Å². The summed E-state index contributed by atoms with van der Waals surface area (Å²) in [6.45, 7) is 1.73. The fourth-order valence-corrected chi connectivity index (χ4v) is 2.64. The van der Waals surface area contributed by atoms with Crippen molar-refractivity contribution in [3.63, 3.8) is 0 Å². The van der Waals surface area contributed by atoms with Crippen LogP contribution in [-0.2, 0) is 6.42 Å². The van der Waals surface area contributed by atoms with Crippen LogP contribution in [0.3, 0.4) is 0 Å². The third kappa shape index (κ3) is 2.40. The molecule has 1 aromatic carbocycles. The number of aryl methyl sites for hydroxylation is 1. The minimum atomic E-state index is -1.41. The predicted molar refractivity (Wildman–Crippen MR) is 73.7 cm³/mol. The highest BCUT2D eigenvalue weighted by Gasteiger charge is 2.35. The van der Waals surface area contributed by atoms with Gasteiger partial charge in [-0.1, -0.05) is 0 Å². The van der Waals surface area contributed by atoms with Gasteiger partial charge in [0.05, 0.1) is 11.6 Å². The van der Waals surface area contributed by atoms with Crippen molar-refractivity contribution in [3.05, 3.63) is 52.5 Å². The van der Waals surface area contributed by atoms with E-state index in [4.69, 9.17) is 10.00 Å². The van der Waals surface area contributed by atoms with Gasteiger partial charge in [-0.25, -0.2) is 13.8 Å². The van der Waals surface area contributed by atoms with Gasteiger partial charge in [-0.2, -0.15) is 5.26 Å². The van der Waals surface area contributed by atoms with Gasteiger partial charge in [0, 0.05) is 24.2 Å². The van der Waals surface area contributed by atoms with Gasteiger partial charge in [-0.15, -0.1) is 0 Å². The second-order valence-electron chi connectivity index (χ2n) is 5.19. The molecule has 0 bridgehead atoms. The summed E-state index contributed by atoms with van der Waals surface area (Å²) < 4.78 is 32.7. The van der Waals surface area contributed by atoms with Gasteiger partial charge in [0.2, 0.25) is 5.88 Å². The Labute approximate surface area is 125 Å². The average molecular weight is 302 g/mol. The van der Waals surface area contributed by atoms with E-state index in [1.54, 1.807) is 6.92 Å². The fraction of sp³-hybridized carbons (Fsp3) is 0.250. The molecule has 0 saturated carbocycles. The van der Waals surface area contributed by atoms with Crippen LogP contribution in [0.25, 0.3) is 0 Å². The molecule has 1 heterocycles. The SMILES string of the molecule is Cc1cnc(Oc2cc(F)cc(C#N)c2)c2c1[C@H](O)[C@H](F)C2. The number of hydrogen-bond acceptors (Lipinski definition) is 4. The molecule has 0 saturated heterocycles. The van der Waals surface area contributed by atoms with Crippen molar-refractivity contribution >= 4 is 0 Å². The number of benzene rings is 1. The molecule has 1 aliphatic rings. The number of ether oxygens (including phenoxy) is 1. The zero-order chi connectivity index (χ0) is 15.9. The van der Waals surface area contributed by atoms with Crippen LogP contribution in [-0.4, -0.2) is 16.3 Å². The first kappa shape index (κ1) is 14.4. The number of halogens is 2. The molecular weight excluding hydrogens is 290 g/mol. The summed E-state index contributed by atoms with van der Waals surface area (Å²) in [4.78, 5) is 4.09. The first-order valence-electron chi connectivity index (χ1n) is 6.68. The summed E-state index contributed by atoms with van der Waals surface area (Å²) in [7, 11) is 0. The van der Waals surface area contributed by atoms with Crippen LogP contribution in [0.5, 0.6) is 11.6 Å². The number of pyridine rings is 1. The molecule has 6 heteroatoms. The molecule has 22 heavy (non-hydrogen) atoms. The number of fused-ring (bicyclic) bond motifs is 1. The molecule has 0 spiro atoms. The Hall–Kier alpha value is -2.52. The van der Waals surface area contributed by atoms with E-state index in [1.165, 1.54) is 12.3 Å². The van der Waals surface area contributed by atoms with Crippen LogP contribution in [0, 0.1) is 24.1 Å². The fourth-order valence-electron chi connectivity index (χ4n) is 2.64. The van der Waals surface area contributed by atoms with Crippen molar-refractivity contribution in [2.45, 2.75) is 25.6 Å². The van der Waals surface area contributed by atoms with Crippen molar-refractivity contribution in [1.82, 2.24) is 4.98 Å². The van der Waals surface area contributed by atoms with E-state index in [1.807, 2.05) is 6.07 Å². The Kier molecular flexibility index (Phi) is 3.51. The van der Waals surface area contributed by atoms with Crippen molar-refractivity contribution in [3.8, 4) is 17.7 Å². The summed E-state index contributed by atoms with van der Waals surface area (Å²) in [5, 5.41) is 18.7. The molecule has 0 amide bonds. The van der Waals surface area contributed by atoms with E-state index in [0.29, 0.717) is 16.7 Å². The third-order valence-corrected chi connectivity index (χ3v) is 3.64. The quantitative estimate of drug-likeness (QED) is 0.925. The molecule has 0 fully saturated rings. The highest BCUT2D eigenvalue weighted by molar-refractivity contribution is 5.47. The minimum absolute atomic E-state index is 0.0130. The summed E-state index contributed by atoms with van der Waals surface area (Å²) in [6, 6.07) is 5.40. The largest absolute Gasteiger partial charge is 0.439 e. The Balaban J connectivity index is 2.02. The van der Waals surface area contributed by atoms with E-state index in [-0.39, 0.29) is 23.6 Å². The molecule has 0 unspecified atom stereocenters. The molecule has 2 atom stereocenters. The maximum Gasteiger partial charge on any atom is 0.222 e. The second-order valence-corrected chi connectivity index (χ2v) is 5.19. The first-order valence-corrected chi connectivity index (χ1v) is 6.68. The Morgan fingerprint density at radius 2 is 2.18 bits per heavy atom. The van der Waals surface area contributed by atoms with Crippen LogP contribution in [0.2, 0.25) is 0 Å². The standard InChI is InChI=1S/C16H12F2N2O2/c1-8-7-20-16(12-5-13(18)15(21)14(8)12)22-11-3-9(6-19)2-10(17)4-11/h2-4,7,13,15,21H,5H2,1H3/t13-,15-/m1/s1. The average Bonchev–Trinajstić information content (AvgIpc) is 2.78. The normalized spacial score (nSPS) is 19.6. The minimum Gasteiger partial charge on any atom is -0.439 e. The van der Waals surface area contributed by atoms with Gasteiger partial charge in [-0.05, 0) is 30.2 Å². The lowest BCUT2D eigenvalue weighted by molar-refractivity contribution is 0.0921. The molecule has 2 aromatic rings. The molecular formula is C16H12F2N2O2. The smallest absolute Gasteiger partial charge is 0.222 e. The first-order chi connectivity index (χ1) is 10.5. The Morgan fingerprint density at radius 1 is 1.41 bits per heavy atom. The summed E-state index contributed by atoms with van der Waals surface area (Å²) in [5.74, 6) is -0.387. The molecule has 1 N–H and O–H groups in total. The number of nitrogens with zero attached hydrogens (tertiary/aromatic N) is 2. The monoisotopic (exact) mass is 302 g/mol. The van der Waals surface area contributed by atoms with Gasteiger partial charge in [-0.3, -0.25) is 0 Å². The lowest BCUT2D eigenvalue weighted by atomic mass is 10.1. The number of rotatable bonds is 2. The zero-order valence-corrected chi connectivity index (χ0v) is 11.7. The molecule has 3 rings (SSSR count). The lowest BCUT2D eigenvalue weighted by Gasteiger charge is -2.12. The molecule has 4 nitrogen and oxygen atoms in total. The molecule has 0 radical (unpaired) electrons. The number of aromatic nitrogens is 1. The number of nitriles is 1. The summed E-state index contributed by atoms with van der Waals surface area (Å²) >= 11 is 0. The molecule has 112 valence electrons. The van der Waals surface area contributed by atoms with Gasteiger partial charge in [0.1, 0.15) is 23.8 Å². The van der Waals surface area contributed by atoms with Crippen LogP contribution >= 0.6 is 0 Å². The van der Waals surface area contributed by atoms with E-state index >= 15 is 0 Å². The van der Waals surface area contributed by atoms with Crippen molar-refractivity contribution in [2.24, 2.45) is 0 Å². The van der Waals surface area contributed by atoms with Crippen LogP contribution in [0.4, 0.5) is 8.78 Å². The maximum atomic E-state index is 13.8. The summed E-state index contributed by atoms with van der Waals surface area (Å²) in [6.07, 6.45) is -1.16. The van der Waals surface area contributed by atoms with E-state index < -0.39 is 18.1 Å². The molecule has 1 aromatic heterocycles. The molecule has 0 aliphatic heterocycles.